The number of fused-ring (bicyclic) bond motifs is 1. The van der Waals surface area contributed by atoms with Crippen LogP contribution < -0.4 is 0 Å². The maximum atomic E-state index is 11.4. The van der Waals surface area contributed by atoms with Crippen LogP contribution in [0.3, 0.4) is 0 Å². The van der Waals surface area contributed by atoms with Crippen LogP contribution in [-0.2, 0) is 44.6 Å². The monoisotopic (exact) mass is 420 g/mol. The van der Waals surface area contributed by atoms with Crippen LogP contribution in [0.5, 0.6) is 0 Å². The lowest BCUT2D eigenvalue weighted by molar-refractivity contribution is -0.213. The fourth-order valence-electron chi connectivity index (χ4n) is 3.39. The Morgan fingerprint density at radius 1 is 1.13 bits per heavy atom. The molecule has 8 nitrogen and oxygen atoms in total. The van der Waals surface area contributed by atoms with Gasteiger partial charge in [0.25, 0.3) is 0 Å². The fourth-order valence-corrected chi connectivity index (χ4v) is 3.39. The molecule has 0 aliphatic carbocycles. The molecule has 2 aliphatic heterocycles. The molecule has 0 radical (unpaired) electrons. The molecule has 0 spiro atoms. The summed E-state index contributed by atoms with van der Waals surface area (Å²) in [5.74, 6) is -1.71. The first-order valence-electron chi connectivity index (χ1n) is 9.89. The second-order valence-electron chi connectivity index (χ2n) is 7.67. The second kappa shape index (κ2) is 9.70. The van der Waals surface area contributed by atoms with Gasteiger partial charge in [0.15, 0.2) is 18.2 Å². The van der Waals surface area contributed by atoms with Gasteiger partial charge in [0.05, 0.1) is 6.61 Å². The van der Waals surface area contributed by atoms with Crippen LogP contribution in [0, 0.1) is 0 Å². The molecule has 164 valence electrons. The van der Waals surface area contributed by atoms with Crippen molar-refractivity contribution >= 4 is 11.9 Å². The molecular weight excluding hydrogens is 392 g/mol. The van der Waals surface area contributed by atoms with Crippen molar-refractivity contribution in [3.63, 3.8) is 0 Å². The Hall–Kier alpha value is -2.26. The summed E-state index contributed by atoms with van der Waals surface area (Å²) in [6.07, 6.45) is 0.721. The molecule has 0 saturated carbocycles. The van der Waals surface area contributed by atoms with E-state index in [1.165, 1.54) is 13.8 Å². The lowest BCUT2D eigenvalue weighted by atomic mass is 10.1. The normalized spacial score (nSPS) is 28.3. The molecule has 8 heteroatoms. The van der Waals surface area contributed by atoms with E-state index in [1.54, 1.807) is 12.2 Å². The Kier molecular flexibility index (Phi) is 7.25. The number of ether oxygens (including phenoxy) is 6. The largest absolute Gasteiger partial charge is 0.462 e. The maximum Gasteiger partial charge on any atom is 0.303 e. The van der Waals surface area contributed by atoms with Gasteiger partial charge >= 0.3 is 11.9 Å². The van der Waals surface area contributed by atoms with E-state index in [2.05, 4.69) is 0 Å². The summed E-state index contributed by atoms with van der Waals surface area (Å²) >= 11 is 0. The summed E-state index contributed by atoms with van der Waals surface area (Å²) in [5, 5.41) is 0. The Morgan fingerprint density at radius 2 is 1.87 bits per heavy atom. The number of hydrogen-bond donors (Lipinski definition) is 0. The highest BCUT2D eigenvalue weighted by atomic mass is 16.8. The van der Waals surface area contributed by atoms with Gasteiger partial charge in [-0.15, -0.1) is 0 Å². The van der Waals surface area contributed by atoms with E-state index >= 15 is 0 Å². The number of hydrogen-bond acceptors (Lipinski definition) is 8. The highest BCUT2D eigenvalue weighted by Crippen LogP contribution is 2.39. The lowest BCUT2D eigenvalue weighted by Crippen LogP contribution is -2.36. The third kappa shape index (κ3) is 6.12. The van der Waals surface area contributed by atoms with E-state index in [0.29, 0.717) is 6.61 Å². The summed E-state index contributed by atoms with van der Waals surface area (Å²) in [6, 6.07) is 9.79. The molecular formula is C22H28O8. The standard InChI is InChI=1S/C22H28O8/c1-14(23)25-13-17(27-15(2)24)10-11-18-19(26-12-16-8-6-5-7-9-16)20-21(28-18)30-22(3,4)29-20/h5-11,17-21H,12-13H2,1-4H3/b11-10+/t17-,18+,19-,20+,21+/m0/s1. The van der Waals surface area contributed by atoms with Gasteiger partial charge in [0.1, 0.15) is 24.9 Å². The molecule has 0 unspecified atom stereocenters. The van der Waals surface area contributed by atoms with E-state index in [0.717, 1.165) is 5.56 Å². The number of carbonyl (C=O) groups excluding carboxylic acids is 2. The maximum absolute atomic E-state index is 11.4. The topological polar surface area (TPSA) is 89.5 Å². The van der Waals surface area contributed by atoms with E-state index in [-0.39, 0.29) is 6.61 Å². The van der Waals surface area contributed by atoms with Gasteiger partial charge in [-0.05, 0) is 25.5 Å². The summed E-state index contributed by atoms with van der Waals surface area (Å²) in [7, 11) is 0. The highest BCUT2D eigenvalue weighted by molar-refractivity contribution is 5.67. The zero-order valence-electron chi connectivity index (χ0n) is 17.6. The molecule has 2 saturated heterocycles. The molecule has 2 heterocycles. The van der Waals surface area contributed by atoms with Crippen molar-refractivity contribution in [2.24, 2.45) is 0 Å². The van der Waals surface area contributed by atoms with Crippen LogP contribution in [0.1, 0.15) is 33.3 Å². The minimum absolute atomic E-state index is 0.0828. The first-order valence-corrected chi connectivity index (χ1v) is 9.89. The second-order valence-corrected chi connectivity index (χ2v) is 7.67. The van der Waals surface area contributed by atoms with Gasteiger partial charge < -0.3 is 28.4 Å². The van der Waals surface area contributed by atoms with Crippen LogP contribution >= 0.6 is 0 Å². The summed E-state index contributed by atoms with van der Waals surface area (Å²) in [6.45, 7) is 6.53. The molecule has 30 heavy (non-hydrogen) atoms. The number of benzene rings is 1. The van der Waals surface area contributed by atoms with Crippen LogP contribution in [0.2, 0.25) is 0 Å². The molecule has 5 atom stereocenters. The summed E-state index contributed by atoms with van der Waals surface area (Å²) in [4.78, 5) is 22.5. The fraction of sp³-hybridized carbons (Fsp3) is 0.545. The van der Waals surface area contributed by atoms with Crippen molar-refractivity contribution in [2.45, 2.75) is 70.8 Å². The Balaban J connectivity index is 1.70. The summed E-state index contributed by atoms with van der Waals surface area (Å²) in [5.41, 5.74) is 1.02. The van der Waals surface area contributed by atoms with Crippen LogP contribution in [0.4, 0.5) is 0 Å². The van der Waals surface area contributed by atoms with Gasteiger partial charge in [-0.1, -0.05) is 36.4 Å². The van der Waals surface area contributed by atoms with E-state index < -0.39 is 48.4 Å². The van der Waals surface area contributed by atoms with Gasteiger partial charge in [-0.25, -0.2) is 0 Å². The van der Waals surface area contributed by atoms with E-state index in [1.807, 2.05) is 44.2 Å². The number of esters is 2. The highest BCUT2D eigenvalue weighted by Gasteiger charge is 2.54. The third-order valence-electron chi connectivity index (χ3n) is 4.60. The Labute approximate surface area is 176 Å². The van der Waals surface area contributed by atoms with E-state index in [4.69, 9.17) is 28.4 Å². The molecule has 1 aromatic carbocycles. The molecule has 0 aromatic heterocycles. The molecule has 0 bridgehead atoms. The molecule has 2 fully saturated rings. The van der Waals surface area contributed by atoms with E-state index in [9.17, 15) is 9.59 Å². The first-order chi connectivity index (χ1) is 14.2. The Morgan fingerprint density at radius 3 is 2.53 bits per heavy atom. The van der Waals surface area contributed by atoms with Crippen molar-refractivity contribution in [3.8, 4) is 0 Å². The average Bonchev–Trinajstić information content (AvgIpc) is 3.14. The molecule has 2 aliphatic rings. The average molecular weight is 420 g/mol. The smallest absolute Gasteiger partial charge is 0.303 e. The molecule has 0 amide bonds. The number of rotatable bonds is 8. The van der Waals surface area contributed by atoms with Crippen molar-refractivity contribution in [3.05, 3.63) is 48.0 Å². The van der Waals surface area contributed by atoms with Crippen LogP contribution in [-0.4, -0.2) is 55.0 Å². The molecule has 1 aromatic rings. The van der Waals surface area contributed by atoms with Crippen molar-refractivity contribution < 1.29 is 38.0 Å². The van der Waals surface area contributed by atoms with Crippen molar-refractivity contribution in [2.75, 3.05) is 6.61 Å². The minimum Gasteiger partial charge on any atom is -0.462 e. The number of carbonyl (C=O) groups is 2. The van der Waals surface area contributed by atoms with Crippen molar-refractivity contribution in [1.82, 2.24) is 0 Å². The van der Waals surface area contributed by atoms with Gasteiger partial charge in [0, 0.05) is 13.8 Å². The van der Waals surface area contributed by atoms with Crippen molar-refractivity contribution in [1.29, 1.82) is 0 Å². The SMILES string of the molecule is CC(=O)OC[C@H](/C=C/[C@H]1O[C@@H]2OC(C)(C)O[C@@H]2[C@H]1OCc1ccccc1)OC(C)=O. The summed E-state index contributed by atoms with van der Waals surface area (Å²) < 4.78 is 34.1. The minimum atomic E-state index is -0.770. The zero-order valence-corrected chi connectivity index (χ0v) is 17.6. The van der Waals surface area contributed by atoms with Crippen LogP contribution in [0.15, 0.2) is 42.5 Å². The predicted molar refractivity (Wildman–Crippen MR) is 105 cm³/mol. The van der Waals surface area contributed by atoms with Gasteiger partial charge in [0.2, 0.25) is 0 Å². The Bertz CT molecular complexity index is 760. The zero-order chi connectivity index (χ0) is 21.7. The van der Waals surface area contributed by atoms with Gasteiger partial charge in [-0.2, -0.15) is 0 Å². The predicted octanol–water partition coefficient (Wildman–Crippen LogP) is 2.50. The molecule has 3 rings (SSSR count). The van der Waals surface area contributed by atoms with Crippen LogP contribution in [0.25, 0.3) is 0 Å². The third-order valence-corrected chi connectivity index (χ3v) is 4.60. The lowest BCUT2D eigenvalue weighted by Gasteiger charge is -2.25. The van der Waals surface area contributed by atoms with Gasteiger partial charge in [-0.3, -0.25) is 9.59 Å². The first kappa shape index (κ1) is 22.4. The molecule has 0 N–H and O–H groups in total. The quantitative estimate of drug-likeness (QED) is 0.468.